The molecule has 3 aromatic carbocycles. The highest BCUT2D eigenvalue weighted by Gasteiger charge is 2.19. The maximum absolute atomic E-state index is 12.8. The van der Waals surface area contributed by atoms with Gasteiger partial charge in [0.1, 0.15) is 5.69 Å². The number of azo groups is 1. The van der Waals surface area contributed by atoms with Crippen LogP contribution in [0.25, 0.3) is 0 Å². The lowest BCUT2D eigenvalue weighted by Gasteiger charge is -2.22. The van der Waals surface area contributed by atoms with Gasteiger partial charge in [-0.3, -0.25) is 9.59 Å². The molecule has 0 heterocycles. The number of likely N-dealkylation sites (N-methyl/N-ethyl adjacent to an activating group) is 1. The van der Waals surface area contributed by atoms with Crippen LogP contribution in [0.2, 0.25) is 0 Å². The molecule has 0 aromatic heterocycles. The number of hydrogen-bond donors (Lipinski definition) is 2. The summed E-state index contributed by atoms with van der Waals surface area (Å²) in [6.07, 6.45) is 0. The minimum Gasteiger partial charge on any atom is -0.504 e. The Morgan fingerprint density at radius 2 is 1.62 bits per heavy atom. The van der Waals surface area contributed by atoms with Crippen molar-refractivity contribution in [1.29, 1.82) is 0 Å². The van der Waals surface area contributed by atoms with Gasteiger partial charge in [-0.15, -0.1) is 5.11 Å². The average molecular weight is 429 g/mol. The van der Waals surface area contributed by atoms with Crippen LogP contribution in [0.1, 0.15) is 29.8 Å². The minimum absolute atomic E-state index is 0.0916. The van der Waals surface area contributed by atoms with Gasteiger partial charge in [0.05, 0.1) is 16.9 Å². The lowest BCUT2D eigenvalue weighted by molar-refractivity contribution is -0.115. The number of rotatable bonds is 7. The van der Waals surface area contributed by atoms with Gasteiger partial charge in [-0.1, -0.05) is 49.0 Å². The molecule has 0 aliphatic carbocycles. The van der Waals surface area contributed by atoms with E-state index in [1.165, 1.54) is 17.0 Å². The molecule has 0 fully saturated rings. The maximum Gasteiger partial charge on any atom is 0.253 e. The maximum atomic E-state index is 12.8. The Morgan fingerprint density at radius 3 is 2.28 bits per heavy atom. The van der Waals surface area contributed by atoms with Gasteiger partial charge >= 0.3 is 0 Å². The molecule has 7 nitrogen and oxygen atoms in total. The summed E-state index contributed by atoms with van der Waals surface area (Å²) in [6, 6.07) is 18.0. The number of ketones is 1. The highest BCUT2D eigenvalue weighted by molar-refractivity contribution is 6.11. The van der Waals surface area contributed by atoms with E-state index >= 15 is 0 Å². The summed E-state index contributed by atoms with van der Waals surface area (Å²) in [6.45, 7) is 7.60. The monoisotopic (exact) mass is 429 g/mol. The summed E-state index contributed by atoms with van der Waals surface area (Å²) in [7, 11) is 0. The van der Waals surface area contributed by atoms with Crippen molar-refractivity contribution in [1.82, 2.24) is 0 Å². The molecule has 32 heavy (non-hydrogen) atoms. The summed E-state index contributed by atoms with van der Waals surface area (Å²) < 4.78 is 0. The third kappa shape index (κ3) is 4.73. The molecule has 3 aromatic rings. The lowest BCUT2D eigenvalue weighted by atomic mass is 10.0. The Hall–Kier alpha value is -4.26. The molecule has 7 heteroatoms. The molecule has 2 N–H and O–H groups in total. The van der Waals surface area contributed by atoms with E-state index in [-0.39, 0.29) is 17.2 Å². The van der Waals surface area contributed by atoms with E-state index in [2.05, 4.69) is 16.8 Å². The smallest absolute Gasteiger partial charge is 0.253 e. The van der Waals surface area contributed by atoms with Gasteiger partial charge in [0.15, 0.2) is 17.3 Å². The lowest BCUT2D eigenvalue weighted by Crippen LogP contribution is -2.30. The Bertz CT molecular complexity index is 1200. The number of carbonyl (C=O) groups is 2. The van der Waals surface area contributed by atoms with Gasteiger partial charge in [-0.25, -0.2) is 0 Å². The Balaban J connectivity index is 1.99. The molecule has 0 unspecified atom stereocenters. The summed E-state index contributed by atoms with van der Waals surface area (Å²) in [5.74, 6) is -1.70. The largest absolute Gasteiger partial charge is 0.504 e. The standard InChI is InChI=1S/C25H23N3O4/c1-4-28(25(32)16(2)3)21-13-9-8-12-20(21)27-26-18-14-19(24(31)22(29)15-18)23(30)17-10-6-5-7-11-17/h5-15,29,31H,2,4H2,1,3H3. The number of aromatic hydroxyl groups is 2. The summed E-state index contributed by atoms with van der Waals surface area (Å²) in [5.41, 5.74) is 1.81. The van der Waals surface area contributed by atoms with E-state index in [1.807, 2.05) is 6.92 Å². The molecular weight excluding hydrogens is 406 g/mol. The molecule has 0 saturated heterocycles. The molecule has 0 aliphatic rings. The van der Waals surface area contributed by atoms with Crippen molar-refractivity contribution < 1.29 is 19.8 Å². The van der Waals surface area contributed by atoms with Crippen LogP contribution < -0.4 is 4.90 Å². The zero-order valence-electron chi connectivity index (χ0n) is 17.8. The first-order valence-electron chi connectivity index (χ1n) is 9.97. The number of phenolic OH excluding ortho intramolecular Hbond substituents is 2. The van der Waals surface area contributed by atoms with E-state index in [4.69, 9.17) is 0 Å². The fourth-order valence-electron chi connectivity index (χ4n) is 3.12. The minimum atomic E-state index is -0.526. The third-order valence-electron chi connectivity index (χ3n) is 4.73. The normalized spacial score (nSPS) is 10.8. The first-order valence-corrected chi connectivity index (χ1v) is 9.97. The number of carbonyl (C=O) groups excluding carboxylic acids is 2. The quantitative estimate of drug-likeness (QED) is 0.218. The Morgan fingerprint density at radius 1 is 0.969 bits per heavy atom. The van der Waals surface area contributed by atoms with Gasteiger partial charge in [-0.2, -0.15) is 5.11 Å². The molecule has 0 spiro atoms. The van der Waals surface area contributed by atoms with Crippen LogP contribution in [0.5, 0.6) is 11.5 Å². The van der Waals surface area contributed by atoms with Crippen molar-refractivity contribution in [3.05, 3.63) is 90.0 Å². The number of benzene rings is 3. The second-order valence-corrected chi connectivity index (χ2v) is 7.07. The van der Waals surface area contributed by atoms with Crippen LogP contribution in [-0.2, 0) is 4.79 Å². The predicted molar refractivity (Wildman–Crippen MR) is 123 cm³/mol. The average Bonchev–Trinajstić information content (AvgIpc) is 2.80. The topological polar surface area (TPSA) is 103 Å². The molecular formula is C25H23N3O4. The molecule has 3 rings (SSSR count). The zero-order valence-corrected chi connectivity index (χ0v) is 17.8. The van der Waals surface area contributed by atoms with Gasteiger partial charge in [0.25, 0.3) is 5.91 Å². The highest BCUT2D eigenvalue weighted by atomic mass is 16.3. The second kappa shape index (κ2) is 9.70. The Kier molecular flexibility index (Phi) is 6.80. The zero-order chi connectivity index (χ0) is 23.3. The number of anilines is 1. The number of phenols is 2. The van der Waals surface area contributed by atoms with E-state index in [0.29, 0.717) is 29.1 Å². The van der Waals surface area contributed by atoms with Crippen LogP contribution in [0, 0.1) is 0 Å². The van der Waals surface area contributed by atoms with Crippen molar-refractivity contribution >= 4 is 28.8 Å². The third-order valence-corrected chi connectivity index (χ3v) is 4.73. The van der Waals surface area contributed by atoms with E-state index in [0.717, 1.165) is 0 Å². The first-order chi connectivity index (χ1) is 15.3. The predicted octanol–water partition coefficient (Wildman–Crippen LogP) is 5.67. The van der Waals surface area contributed by atoms with Crippen LogP contribution in [-0.4, -0.2) is 28.4 Å². The number of para-hydroxylation sites is 1. The SMILES string of the molecule is C=C(C)C(=O)N(CC)c1ccccc1N=Nc1cc(O)c(O)c(C(=O)c2ccccc2)c1. The number of nitrogens with zero attached hydrogens (tertiary/aromatic N) is 3. The fourth-order valence-corrected chi connectivity index (χ4v) is 3.12. The Labute approximate surface area is 186 Å². The van der Waals surface area contributed by atoms with Gasteiger partial charge in [-0.05, 0) is 32.0 Å². The molecule has 1 amide bonds. The van der Waals surface area contributed by atoms with Gasteiger partial charge < -0.3 is 15.1 Å². The fraction of sp³-hybridized carbons (Fsp3) is 0.120. The van der Waals surface area contributed by atoms with Crippen LogP contribution in [0.3, 0.4) is 0 Å². The summed E-state index contributed by atoms with van der Waals surface area (Å²) in [5, 5.41) is 28.7. The van der Waals surface area contributed by atoms with Crippen LogP contribution >= 0.6 is 0 Å². The van der Waals surface area contributed by atoms with Crippen molar-refractivity contribution in [3.8, 4) is 11.5 Å². The van der Waals surface area contributed by atoms with Gasteiger partial charge in [0, 0.05) is 23.7 Å². The van der Waals surface area contributed by atoms with E-state index in [1.54, 1.807) is 61.5 Å². The molecule has 162 valence electrons. The molecule has 0 radical (unpaired) electrons. The molecule has 0 aliphatic heterocycles. The summed E-state index contributed by atoms with van der Waals surface area (Å²) in [4.78, 5) is 26.8. The van der Waals surface area contributed by atoms with E-state index in [9.17, 15) is 19.8 Å². The second-order valence-electron chi connectivity index (χ2n) is 7.07. The van der Waals surface area contributed by atoms with Crippen molar-refractivity contribution in [2.75, 3.05) is 11.4 Å². The van der Waals surface area contributed by atoms with Crippen molar-refractivity contribution in [2.45, 2.75) is 13.8 Å². The van der Waals surface area contributed by atoms with E-state index < -0.39 is 17.3 Å². The molecule has 0 bridgehead atoms. The van der Waals surface area contributed by atoms with Crippen LogP contribution in [0.4, 0.5) is 17.1 Å². The summed E-state index contributed by atoms with van der Waals surface area (Å²) >= 11 is 0. The van der Waals surface area contributed by atoms with Crippen molar-refractivity contribution in [3.63, 3.8) is 0 Å². The molecule has 0 saturated carbocycles. The van der Waals surface area contributed by atoms with Crippen molar-refractivity contribution in [2.24, 2.45) is 10.2 Å². The first kappa shape index (κ1) is 22.4. The number of amides is 1. The van der Waals surface area contributed by atoms with Gasteiger partial charge in [0.2, 0.25) is 0 Å². The number of hydrogen-bond acceptors (Lipinski definition) is 6. The van der Waals surface area contributed by atoms with Crippen LogP contribution in [0.15, 0.2) is 89.1 Å². The highest BCUT2D eigenvalue weighted by Crippen LogP contribution is 2.37. The molecule has 0 atom stereocenters.